The van der Waals surface area contributed by atoms with Crippen LogP contribution in [-0.4, -0.2) is 16.5 Å². The Hall–Kier alpha value is -0.960. The molecule has 0 saturated carbocycles. The van der Waals surface area contributed by atoms with Crippen LogP contribution in [0.4, 0.5) is 0 Å². The molecule has 2 nitrogen and oxygen atoms in total. The molecule has 0 aliphatic heterocycles. The number of benzene rings is 1. The molecule has 0 bridgehead atoms. The number of aromatic amines is 1. The van der Waals surface area contributed by atoms with E-state index in [0.29, 0.717) is 0 Å². The fourth-order valence-corrected chi connectivity index (χ4v) is 1.68. The lowest BCUT2D eigenvalue weighted by atomic mass is 10.2. The highest BCUT2D eigenvalue weighted by Crippen LogP contribution is 2.22. The Labute approximate surface area is 89.1 Å². The molecule has 1 N–H and O–H groups in total. The first kappa shape index (κ1) is 11.1. The van der Waals surface area contributed by atoms with Crippen LogP contribution in [-0.2, 0) is 0 Å². The summed E-state index contributed by atoms with van der Waals surface area (Å²) in [6.07, 6.45) is 2.08. The van der Waals surface area contributed by atoms with Crippen molar-refractivity contribution in [3.05, 3.63) is 23.9 Å². The van der Waals surface area contributed by atoms with Crippen molar-refractivity contribution in [3.63, 3.8) is 0 Å². The first-order valence-electron chi connectivity index (χ1n) is 4.80. The third kappa shape index (κ3) is 2.10. The van der Waals surface area contributed by atoms with E-state index in [4.69, 9.17) is 0 Å². The van der Waals surface area contributed by atoms with Crippen LogP contribution in [0.3, 0.4) is 0 Å². The quantitative estimate of drug-likeness (QED) is 0.725. The van der Waals surface area contributed by atoms with Crippen molar-refractivity contribution < 1.29 is 0 Å². The van der Waals surface area contributed by atoms with E-state index in [1.54, 1.807) is 11.8 Å². The van der Waals surface area contributed by atoms with Gasteiger partial charge in [-0.2, -0.15) is 5.10 Å². The van der Waals surface area contributed by atoms with Gasteiger partial charge in [0.05, 0.1) is 5.52 Å². The van der Waals surface area contributed by atoms with E-state index in [1.165, 1.54) is 10.3 Å². The van der Waals surface area contributed by atoms with E-state index < -0.39 is 0 Å². The lowest BCUT2D eigenvalue weighted by Crippen LogP contribution is -1.72. The molecule has 14 heavy (non-hydrogen) atoms. The van der Waals surface area contributed by atoms with Crippen molar-refractivity contribution in [1.82, 2.24) is 10.2 Å². The van der Waals surface area contributed by atoms with Crippen molar-refractivity contribution in [1.29, 1.82) is 0 Å². The van der Waals surface area contributed by atoms with Crippen LogP contribution in [0.25, 0.3) is 10.9 Å². The number of nitrogens with zero attached hydrogens (tertiary/aromatic N) is 1. The van der Waals surface area contributed by atoms with Crippen molar-refractivity contribution >= 4 is 22.7 Å². The molecule has 0 radical (unpaired) electrons. The smallest absolute Gasteiger partial charge is 0.0924 e. The zero-order chi connectivity index (χ0) is 10.6. The van der Waals surface area contributed by atoms with E-state index in [-0.39, 0.29) is 0 Å². The summed E-state index contributed by atoms with van der Waals surface area (Å²) in [6.45, 7) is 6.04. The van der Waals surface area contributed by atoms with Gasteiger partial charge in [-0.25, -0.2) is 0 Å². The highest BCUT2D eigenvalue weighted by Gasteiger charge is 2.00. The molecule has 2 rings (SSSR count). The molecule has 0 spiro atoms. The molecule has 0 aliphatic carbocycles. The summed E-state index contributed by atoms with van der Waals surface area (Å²) in [5, 5.41) is 8.35. The van der Waals surface area contributed by atoms with Crippen molar-refractivity contribution in [3.8, 4) is 0 Å². The van der Waals surface area contributed by atoms with Gasteiger partial charge in [-0.05, 0) is 31.4 Å². The summed E-state index contributed by atoms with van der Waals surface area (Å²) in [5.41, 5.74) is 2.19. The topological polar surface area (TPSA) is 28.7 Å². The summed E-state index contributed by atoms with van der Waals surface area (Å²) in [6, 6.07) is 6.30. The number of fused-ring (bicyclic) bond motifs is 1. The van der Waals surface area contributed by atoms with E-state index in [1.807, 2.05) is 26.8 Å². The zero-order valence-corrected chi connectivity index (χ0v) is 9.90. The molecule has 2 aromatic rings. The number of hydrogen-bond donors (Lipinski definition) is 1. The molecule has 1 heterocycles. The van der Waals surface area contributed by atoms with Crippen LogP contribution in [0, 0.1) is 6.92 Å². The van der Waals surface area contributed by atoms with Gasteiger partial charge in [0, 0.05) is 16.0 Å². The Morgan fingerprint density at radius 1 is 1.29 bits per heavy atom. The fraction of sp³-hybridized carbons (Fsp3) is 0.364. The summed E-state index contributed by atoms with van der Waals surface area (Å²) < 4.78 is 0. The minimum Gasteiger partial charge on any atom is -0.282 e. The van der Waals surface area contributed by atoms with Crippen LogP contribution in [0.1, 0.15) is 19.5 Å². The molecule has 76 valence electrons. The van der Waals surface area contributed by atoms with Crippen molar-refractivity contribution in [2.24, 2.45) is 0 Å². The van der Waals surface area contributed by atoms with Crippen LogP contribution < -0.4 is 0 Å². The van der Waals surface area contributed by atoms with Gasteiger partial charge in [-0.3, -0.25) is 5.10 Å². The van der Waals surface area contributed by atoms with Crippen LogP contribution >= 0.6 is 11.8 Å². The standard InChI is InChI=1S/C9H10N2S.C2H6/c1-6-8-5-7(12-2)3-4-9(8)11-10-6;1-2/h3-5H,1-2H3,(H,10,11);1-2H3. The minimum atomic E-state index is 1.05. The number of H-pyrrole nitrogens is 1. The molecule has 0 aliphatic rings. The number of aromatic nitrogens is 2. The van der Waals surface area contributed by atoms with Crippen molar-refractivity contribution in [2.45, 2.75) is 25.7 Å². The second-order valence-corrected chi connectivity index (χ2v) is 3.61. The molecule has 0 saturated heterocycles. The first-order chi connectivity index (χ1) is 6.81. The van der Waals surface area contributed by atoms with E-state index in [9.17, 15) is 0 Å². The Kier molecular flexibility index (Phi) is 4.01. The normalized spacial score (nSPS) is 9.71. The van der Waals surface area contributed by atoms with Gasteiger partial charge in [-0.1, -0.05) is 13.8 Å². The third-order valence-electron chi connectivity index (χ3n) is 1.95. The Morgan fingerprint density at radius 3 is 2.64 bits per heavy atom. The molecule has 3 heteroatoms. The van der Waals surface area contributed by atoms with Gasteiger partial charge < -0.3 is 0 Å². The van der Waals surface area contributed by atoms with E-state index in [0.717, 1.165) is 11.2 Å². The van der Waals surface area contributed by atoms with Gasteiger partial charge in [0.15, 0.2) is 0 Å². The second-order valence-electron chi connectivity index (χ2n) is 2.73. The molecule has 0 amide bonds. The van der Waals surface area contributed by atoms with Gasteiger partial charge in [-0.15, -0.1) is 11.8 Å². The predicted octanol–water partition coefficient (Wildman–Crippen LogP) is 3.62. The highest BCUT2D eigenvalue weighted by molar-refractivity contribution is 7.98. The van der Waals surface area contributed by atoms with Gasteiger partial charge in [0.1, 0.15) is 0 Å². The summed E-state index contributed by atoms with van der Waals surface area (Å²) in [4.78, 5) is 1.28. The molecule has 1 aromatic heterocycles. The van der Waals surface area contributed by atoms with Crippen molar-refractivity contribution in [2.75, 3.05) is 6.26 Å². The van der Waals surface area contributed by atoms with Crippen LogP contribution in [0.2, 0.25) is 0 Å². The maximum absolute atomic E-state index is 4.16. The molecular formula is C11H16N2S. The number of rotatable bonds is 1. The lowest BCUT2D eigenvalue weighted by Gasteiger charge is -1.94. The fourth-order valence-electron chi connectivity index (χ4n) is 1.24. The molecule has 0 atom stereocenters. The number of nitrogens with one attached hydrogen (secondary N) is 1. The number of aryl methyl sites for hydroxylation is 1. The van der Waals surface area contributed by atoms with Gasteiger partial charge >= 0.3 is 0 Å². The lowest BCUT2D eigenvalue weighted by molar-refractivity contribution is 1.07. The third-order valence-corrected chi connectivity index (χ3v) is 2.68. The highest BCUT2D eigenvalue weighted by atomic mass is 32.2. The second kappa shape index (κ2) is 5.05. The number of hydrogen-bond acceptors (Lipinski definition) is 2. The predicted molar refractivity (Wildman–Crippen MR) is 64.0 cm³/mol. The summed E-state index contributed by atoms with van der Waals surface area (Å²) >= 11 is 1.75. The molecule has 1 aromatic carbocycles. The molecule has 0 fully saturated rings. The van der Waals surface area contributed by atoms with E-state index in [2.05, 4.69) is 28.6 Å². The molecular weight excluding hydrogens is 192 g/mol. The van der Waals surface area contributed by atoms with Gasteiger partial charge in [0.2, 0.25) is 0 Å². The largest absolute Gasteiger partial charge is 0.282 e. The summed E-state index contributed by atoms with van der Waals surface area (Å²) in [5.74, 6) is 0. The minimum absolute atomic E-state index is 1.05. The maximum atomic E-state index is 4.16. The Bertz CT molecular complexity index is 407. The SMILES string of the molecule is CC.CSc1ccc2n[nH]c(C)c2c1. The van der Waals surface area contributed by atoms with Crippen LogP contribution in [0.15, 0.2) is 23.1 Å². The van der Waals surface area contributed by atoms with Gasteiger partial charge in [0.25, 0.3) is 0 Å². The first-order valence-corrected chi connectivity index (χ1v) is 6.02. The van der Waals surface area contributed by atoms with E-state index >= 15 is 0 Å². The Morgan fingerprint density at radius 2 is 2.00 bits per heavy atom. The monoisotopic (exact) mass is 208 g/mol. The summed E-state index contributed by atoms with van der Waals surface area (Å²) in [7, 11) is 0. The average molecular weight is 208 g/mol. The van der Waals surface area contributed by atoms with Crippen LogP contribution in [0.5, 0.6) is 0 Å². The number of thioether (sulfide) groups is 1. The average Bonchev–Trinajstić information content (AvgIpc) is 2.63. The zero-order valence-electron chi connectivity index (χ0n) is 9.09. The maximum Gasteiger partial charge on any atom is 0.0924 e. The molecule has 0 unspecified atom stereocenters. The Balaban J connectivity index is 0.000000461.